The van der Waals surface area contributed by atoms with E-state index >= 15 is 0 Å². The molecule has 1 N–H and O–H groups in total. The molecule has 1 aromatic rings. The molecule has 4 nitrogen and oxygen atoms in total. The monoisotopic (exact) mass is 330 g/mol. The average Bonchev–Trinajstić information content (AvgIpc) is 2.99. The first-order chi connectivity index (χ1) is 8.66. The molecule has 0 spiro atoms. The average molecular weight is 331 g/mol. The Balaban J connectivity index is 1.71. The lowest BCUT2D eigenvalue weighted by Gasteiger charge is -2.14. The van der Waals surface area contributed by atoms with E-state index in [-0.39, 0.29) is 11.8 Å². The summed E-state index contributed by atoms with van der Waals surface area (Å²) in [6.07, 6.45) is 2.58. The highest BCUT2D eigenvalue weighted by atomic mass is 79.9. The molecule has 2 amide bonds. The third-order valence-electron chi connectivity index (χ3n) is 2.88. The highest BCUT2D eigenvalue weighted by molar-refractivity contribution is 9.11. The fourth-order valence-electron chi connectivity index (χ4n) is 1.93. The Morgan fingerprint density at radius 1 is 1.33 bits per heavy atom. The summed E-state index contributed by atoms with van der Waals surface area (Å²) in [5.74, 6) is 0.0279. The number of carbonyl (C=O) groups is 2. The van der Waals surface area contributed by atoms with Crippen molar-refractivity contribution >= 4 is 39.1 Å². The predicted octanol–water partition coefficient (Wildman–Crippen LogP) is 2.25. The van der Waals surface area contributed by atoms with Gasteiger partial charge in [-0.25, -0.2) is 0 Å². The molecule has 1 fully saturated rings. The molecule has 0 aromatic carbocycles. The molecule has 2 rings (SSSR count). The van der Waals surface area contributed by atoms with Crippen LogP contribution in [-0.4, -0.2) is 36.3 Å². The summed E-state index contributed by atoms with van der Waals surface area (Å²) >= 11 is 4.70. The molecule has 0 bridgehead atoms. The van der Waals surface area contributed by atoms with Gasteiger partial charge in [-0.2, -0.15) is 0 Å². The molecule has 0 aliphatic carbocycles. The maximum absolute atomic E-state index is 11.7. The van der Waals surface area contributed by atoms with Gasteiger partial charge in [-0.15, -0.1) is 11.3 Å². The zero-order chi connectivity index (χ0) is 13.0. The minimum Gasteiger partial charge on any atom is -0.351 e. The van der Waals surface area contributed by atoms with Crippen LogP contribution in [0.4, 0.5) is 0 Å². The number of amides is 2. The van der Waals surface area contributed by atoms with Gasteiger partial charge in [-0.1, -0.05) is 0 Å². The number of likely N-dealkylation sites (tertiary alicyclic amines) is 1. The first-order valence-electron chi connectivity index (χ1n) is 5.98. The Morgan fingerprint density at radius 3 is 2.67 bits per heavy atom. The maximum atomic E-state index is 11.7. The van der Waals surface area contributed by atoms with Crippen molar-refractivity contribution < 1.29 is 9.59 Å². The second-order valence-electron chi connectivity index (χ2n) is 4.20. The van der Waals surface area contributed by atoms with Gasteiger partial charge in [0.05, 0.1) is 8.66 Å². The zero-order valence-corrected chi connectivity index (χ0v) is 12.3. The number of hydrogen-bond donors (Lipinski definition) is 1. The van der Waals surface area contributed by atoms with E-state index in [2.05, 4.69) is 21.2 Å². The van der Waals surface area contributed by atoms with E-state index in [1.807, 2.05) is 11.0 Å². The zero-order valence-electron chi connectivity index (χ0n) is 9.95. The van der Waals surface area contributed by atoms with Gasteiger partial charge in [0.2, 0.25) is 5.91 Å². The second kappa shape index (κ2) is 6.33. The van der Waals surface area contributed by atoms with Crippen LogP contribution in [0.5, 0.6) is 0 Å². The Morgan fingerprint density at radius 2 is 2.06 bits per heavy atom. The molecule has 18 heavy (non-hydrogen) atoms. The quantitative estimate of drug-likeness (QED) is 0.920. The van der Waals surface area contributed by atoms with Crippen LogP contribution in [0, 0.1) is 0 Å². The van der Waals surface area contributed by atoms with Gasteiger partial charge < -0.3 is 10.2 Å². The molecule has 2 heterocycles. The molecule has 6 heteroatoms. The lowest BCUT2D eigenvalue weighted by Crippen LogP contribution is -2.32. The summed E-state index contributed by atoms with van der Waals surface area (Å²) in [6, 6.07) is 3.61. The first-order valence-corrected chi connectivity index (χ1v) is 7.59. The topological polar surface area (TPSA) is 49.4 Å². The summed E-state index contributed by atoms with van der Waals surface area (Å²) in [4.78, 5) is 26.0. The predicted molar refractivity (Wildman–Crippen MR) is 74.8 cm³/mol. The maximum Gasteiger partial charge on any atom is 0.261 e. The Kier molecular flexibility index (Phi) is 4.77. The standard InChI is InChI=1S/C12H15BrN2O2S/c13-10-4-3-9(18-10)12(17)14-6-5-11(16)15-7-1-2-8-15/h3-4H,1-2,5-8H2,(H,14,17). The molecule has 1 aliphatic heterocycles. The summed E-state index contributed by atoms with van der Waals surface area (Å²) in [6.45, 7) is 2.14. The van der Waals surface area contributed by atoms with Crippen molar-refractivity contribution in [3.63, 3.8) is 0 Å². The Bertz CT molecular complexity index is 441. The van der Waals surface area contributed by atoms with Crippen molar-refractivity contribution in [1.82, 2.24) is 10.2 Å². The van der Waals surface area contributed by atoms with Crippen LogP contribution < -0.4 is 5.32 Å². The van der Waals surface area contributed by atoms with Gasteiger partial charge in [0.15, 0.2) is 0 Å². The minimum absolute atomic E-state index is 0.111. The lowest BCUT2D eigenvalue weighted by molar-refractivity contribution is -0.129. The van der Waals surface area contributed by atoms with E-state index in [1.54, 1.807) is 6.07 Å². The van der Waals surface area contributed by atoms with Gasteiger partial charge >= 0.3 is 0 Å². The van der Waals surface area contributed by atoms with Crippen LogP contribution in [0.1, 0.15) is 28.9 Å². The minimum atomic E-state index is -0.111. The van der Waals surface area contributed by atoms with Gasteiger partial charge in [0.25, 0.3) is 5.91 Å². The Labute approximate surface area is 118 Å². The molecule has 0 atom stereocenters. The molecule has 0 unspecified atom stereocenters. The van der Waals surface area contributed by atoms with Crippen LogP contribution >= 0.6 is 27.3 Å². The highest BCUT2D eigenvalue weighted by Gasteiger charge is 2.17. The molecule has 0 saturated carbocycles. The largest absolute Gasteiger partial charge is 0.351 e. The number of halogens is 1. The van der Waals surface area contributed by atoms with E-state index in [0.29, 0.717) is 17.8 Å². The normalized spacial score (nSPS) is 14.8. The molecule has 98 valence electrons. The van der Waals surface area contributed by atoms with Gasteiger partial charge in [-0.05, 0) is 40.9 Å². The number of carbonyl (C=O) groups excluding carboxylic acids is 2. The molecular formula is C12H15BrN2O2S. The molecular weight excluding hydrogens is 316 g/mol. The third kappa shape index (κ3) is 3.55. The number of rotatable bonds is 4. The van der Waals surface area contributed by atoms with Crippen molar-refractivity contribution in [3.8, 4) is 0 Å². The van der Waals surface area contributed by atoms with Crippen LogP contribution in [0.15, 0.2) is 15.9 Å². The van der Waals surface area contributed by atoms with Crippen LogP contribution in [0.25, 0.3) is 0 Å². The summed E-state index contributed by atoms with van der Waals surface area (Å²) in [5, 5.41) is 2.77. The van der Waals surface area contributed by atoms with Crippen molar-refractivity contribution in [3.05, 3.63) is 20.8 Å². The van der Waals surface area contributed by atoms with Crippen molar-refractivity contribution in [2.45, 2.75) is 19.3 Å². The summed E-state index contributed by atoms with van der Waals surface area (Å²) in [5.41, 5.74) is 0. The SMILES string of the molecule is O=C(NCCC(=O)N1CCCC1)c1ccc(Br)s1. The summed E-state index contributed by atoms with van der Waals surface area (Å²) in [7, 11) is 0. The van der Waals surface area contributed by atoms with Gasteiger partial charge in [0.1, 0.15) is 0 Å². The lowest BCUT2D eigenvalue weighted by atomic mass is 10.3. The van der Waals surface area contributed by atoms with Crippen molar-refractivity contribution in [2.75, 3.05) is 19.6 Å². The number of thiophene rings is 1. The molecule has 1 aliphatic rings. The second-order valence-corrected chi connectivity index (χ2v) is 6.66. The fraction of sp³-hybridized carbons (Fsp3) is 0.500. The first kappa shape index (κ1) is 13.5. The van der Waals surface area contributed by atoms with E-state index in [4.69, 9.17) is 0 Å². The summed E-state index contributed by atoms with van der Waals surface area (Å²) < 4.78 is 0.931. The number of hydrogen-bond acceptors (Lipinski definition) is 3. The fourth-order valence-corrected chi connectivity index (χ4v) is 3.23. The Hall–Kier alpha value is -0.880. The van der Waals surface area contributed by atoms with E-state index in [0.717, 1.165) is 29.7 Å². The smallest absolute Gasteiger partial charge is 0.261 e. The third-order valence-corrected chi connectivity index (χ3v) is 4.50. The van der Waals surface area contributed by atoms with Gasteiger partial charge in [0, 0.05) is 26.1 Å². The highest BCUT2D eigenvalue weighted by Crippen LogP contribution is 2.21. The molecule has 1 saturated heterocycles. The van der Waals surface area contributed by atoms with E-state index < -0.39 is 0 Å². The van der Waals surface area contributed by atoms with Gasteiger partial charge in [-0.3, -0.25) is 9.59 Å². The number of nitrogens with one attached hydrogen (secondary N) is 1. The van der Waals surface area contributed by atoms with E-state index in [9.17, 15) is 9.59 Å². The van der Waals surface area contributed by atoms with Crippen molar-refractivity contribution in [2.24, 2.45) is 0 Å². The number of nitrogens with zero attached hydrogens (tertiary/aromatic N) is 1. The molecule has 0 radical (unpaired) electrons. The van der Waals surface area contributed by atoms with Crippen LogP contribution in [-0.2, 0) is 4.79 Å². The van der Waals surface area contributed by atoms with Crippen LogP contribution in [0.2, 0.25) is 0 Å². The van der Waals surface area contributed by atoms with Crippen molar-refractivity contribution in [1.29, 1.82) is 0 Å². The van der Waals surface area contributed by atoms with Crippen LogP contribution in [0.3, 0.4) is 0 Å². The van der Waals surface area contributed by atoms with E-state index in [1.165, 1.54) is 11.3 Å². The molecule has 1 aromatic heterocycles.